The van der Waals surface area contributed by atoms with Crippen molar-refractivity contribution in [2.24, 2.45) is 0 Å². The standard InChI is InChI=1S/C23H26N2O6/c1-16(26)12-13-19(22(28)29)24-21(27)20(14-17-8-4-2-5-9-17)25-23(30)31-15-18-10-6-3-7-11-18/h2-11,19-20H,12-15H2,1H3,(H,24,27)(H,25,30)(H,28,29)/t19-,20+/m1/s1. The maximum atomic E-state index is 12.8. The van der Waals surface area contributed by atoms with E-state index in [1.807, 2.05) is 24.3 Å². The molecule has 31 heavy (non-hydrogen) atoms. The Morgan fingerprint density at radius 1 is 0.871 bits per heavy atom. The van der Waals surface area contributed by atoms with E-state index in [1.54, 1.807) is 36.4 Å². The summed E-state index contributed by atoms with van der Waals surface area (Å²) in [6, 6.07) is 15.8. The summed E-state index contributed by atoms with van der Waals surface area (Å²) in [6.07, 6.45) is -0.665. The third-order valence-electron chi connectivity index (χ3n) is 4.50. The summed E-state index contributed by atoms with van der Waals surface area (Å²) in [6.45, 7) is 1.38. The lowest BCUT2D eigenvalue weighted by Gasteiger charge is -2.21. The summed E-state index contributed by atoms with van der Waals surface area (Å²) in [7, 11) is 0. The molecule has 8 nitrogen and oxygen atoms in total. The van der Waals surface area contributed by atoms with Crippen LogP contribution >= 0.6 is 0 Å². The van der Waals surface area contributed by atoms with Gasteiger partial charge in [-0.2, -0.15) is 0 Å². The van der Waals surface area contributed by atoms with Crippen molar-refractivity contribution in [3.05, 3.63) is 71.8 Å². The molecule has 0 bridgehead atoms. The van der Waals surface area contributed by atoms with Crippen LogP contribution in [0.3, 0.4) is 0 Å². The van der Waals surface area contributed by atoms with Gasteiger partial charge in [-0.25, -0.2) is 9.59 Å². The number of carbonyl (C=O) groups is 4. The van der Waals surface area contributed by atoms with Crippen molar-refractivity contribution in [1.29, 1.82) is 0 Å². The van der Waals surface area contributed by atoms with Crippen LogP contribution in [0.5, 0.6) is 0 Å². The summed E-state index contributed by atoms with van der Waals surface area (Å²) < 4.78 is 5.19. The van der Waals surface area contributed by atoms with E-state index < -0.39 is 30.1 Å². The second-order valence-electron chi connectivity index (χ2n) is 7.09. The lowest BCUT2D eigenvalue weighted by Crippen LogP contribution is -2.52. The molecule has 0 aromatic heterocycles. The molecule has 0 aliphatic heterocycles. The van der Waals surface area contributed by atoms with Crippen molar-refractivity contribution in [3.8, 4) is 0 Å². The number of benzene rings is 2. The van der Waals surface area contributed by atoms with Gasteiger partial charge in [-0.15, -0.1) is 0 Å². The minimum atomic E-state index is -1.25. The van der Waals surface area contributed by atoms with E-state index in [2.05, 4.69) is 10.6 Å². The zero-order valence-corrected chi connectivity index (χ0v) is 17.2. The molecular formula is C23H26N2O6. The summed E-state index contributed by atoms with van der Waals surface area (Å²) >= 11 is 0. The predicted octanol–water partition coefficient (Wildman–Crippen LogP) is 2.46. The van der Waals surface area contributed by atoms with Crippen LogP contribution in [0.2, 0.25) is 0 Å². The SMILES string of the molecule is CC(=O)CC[C@@H](NC(=O)[C@H](Cc1ccccc1)NC(=O)OCc1ccccc1)C(=O)O. The van der Waals surface area contributed by atoms with Crippen LogP contribution < -0.4 is 10.6 Å². The summed E-state index contributed by atoms with van der Waals surface area (Å²) in [5.74, 6) is -2.10. The normalized spacial score (nSPS) is 12.3. The van der Waals surface area contributed by atoms with Crippen molar-refractivity contribution >= 4 is 23.8 Å². The Morgan fingerprint density at radius 3 is 2.00 bits per heavy atom. The number of rotatable bonds is 11. The maximum Gasteiger partial charge on any atom is 0.408 e. The zero-order valence-electron chi connectivity index (χ0n) is 17.2. The number of nitrogens with one attached hydrogen (secondary N) is 2. The number of hydrogen-bond donors (Lipinski definition) is 3. The molecule has 2 aromatic rings. The van der Waals surface area contributed by atoms with Gasteiger partial charge in [0.25, 0.3) is 0 Å². The van der Waals surface area contributed by atoms with Crippen LogP contribution in [-0.4, -0.2) is 40.9 Å². The van der Waals surface area contributed by atoms with Crippen molar-refractivity contribution in [2.75, 3.05) is 0 Å². The summed E-state index contributed by atoms with van der Waals surface area (Å²) in [5, 5.41) is 14.3. The van der Waals surface area contributed by atoms with Gasteiger partial charge in [-0.1, -0.05) is 60.7 Å². The fourth-order valence-electron chi connectivity index (χ4n) is 2.84. The Kier molecular flexibility index (Phi) is 9.22. The zero-order chi connectivity index (χ0) is 22.6. The number of ether oxygens (including phenoxy) is 1. The molecule has 0 unspecified atom stereocenters. The summed E-state index contributed by atoms with van der Waals surface area (Å²) in [5.41, 5.74) is 1.57. The number of carboxylic acids is 1. The first kappa shape index (κ1) is 23.6. The lowest BCUT2D eigenvalue weighted by molar-refractivity contribution is -0.142. The minimum Gasteiger partial charge on any atom is -0.480 e. The molecule has 0 saturated heterocycles. The molecule has 2 aromatic carbocycles. The highest BCUT2D eigenvalue weighted by Crippen LogP contribution is 2.07. The van der Waals surface area contributed by atoms with E-state index in [0.29, 0.717) is 0 Å². The Hall–Kier alpha value is -3.68. The van der Waals surface area contributed by atoms with Crippen molar-refractivity contribution in [1.82, 2.24) is 10.6 Å². The minimum absolute atomic E-state index is 0.0210. The molecule has 164 valence electrons. The third-order valence-corrected chi connectivity index (χ3v) is 4.50. The van der Waals surface area contributed by atoms with Gasteiger partial charge in [0.2, 0.25) is 5.91 Å². The first-order valence-electron chi connectivity index (χ1n) is 9.89. The Morgan fingerprint density at radius 2 is 1.45 bits per heavy atom. The molecule has 8 heteroatoms. The van der Waals surface area contributed by atoms with Crippen LogP contribution in [-0.2, 0) is 32.1 Å². The van der Waals surface area contributed by atoms with Crippen molar-refractivity contribution in [2.45, 2.75) is 44.9 Å². The van der Waals surface area contributed by atoms with Gasteiger partial charge in [-0.05, 0) is 24.5 Å². The number of hydrogen-bond acceptors (Lipinski definition) is 5. The van der Waals surface area contributed by atoms with Crippen LogP contribution in [0.15, 0.2) is 60.7 Å². The van der Waals surface area contributed by atoms with Crippen molar-refractivity contribution in [3.63, 3.8) is 0 Å². The van der Waals surface area contributed by atoms with E-state index >= 15 is 0 Å². The largest absolute Gasteiger partial charge is 0.480 e. The molecule has 2 atom stereocenters. The highest BCUT2D eigenvalue weighted by atomic mass is 16.5. The first-order chi connectivity index (χ1) is 14.8. The first-order valence-corrected chi connectivity index (χ1v) is 9.89. The maximum absolute atomic E-state index is 12.8. The number of amides is 2. The number of Topliss-reactive ketones (excluding diaryl/α,β-unsaturated/α-hetero) is 1. The molecule has 2 rings (SSSR count). The topological polar surface area (TPSA) is 122 Å². The molecule has 0 heterocycles. The summed E-state index contributed by atoms with van der Waals surface area (Å²) in [4.78, 5) is 47.7. The van der Waals surface area contributed by atoms with Gasteiger partial charge in [-0.3, -0.25) is 4.79 Å². The third kappa shape index (κ3) is 8.69. The number of carbonyl (C=O) groups excluding carboxylic acids is 3. The molecular weight excluding hydrogens is 400 g/mol. The molecule has 3 N–H and O–H groups in total. The van der Waals surface area contributed by atoms with Gasteiger partial charge in [0.1, 0.15) is 24.5 Å². The van der Waals surface area contributed by atoms with E-state index in [-0.39, 0.29) is 31.7 Å². The number of aliphatic carboxylic acids is 1. The van der Waals surface area contributed by atoms with Gasteiger partial charge < -0.3 is 25.3 Å². The fraction of sp³-hybridized carbons (Fsp3) is 0.304. The van der Waals surface area contributed by atoms with Gasteiger partial charge in [0.05, 0.1) is 0 Å². The number of alkyl carbamates (subject to hydrolysis) is 1. The predicted molar refractivity (Wildman–Crippen MR) is 113 cm³/mol. The average Bonchev–Trinajstić information content (AvgIpc) is 2.75. The molecule has 0 fully saturated rings. The van der Waals surface area contributed by atoms with Crippen LogP contribution in [0.25, 0.3) is 0 Å². The fourth-order valence-corrected chi connectivity index (χ4v) is 2.84. The van der Waals surface area contributed by atoms with Crippen LogP contribution in [0.4, 0.5) is 4.79 Å². The van der Waals surface area contributed by atoms with E-state index in [0.717, 1.165) is 11.1 Å². The highest BCUT2D eigenvalue weighted by Gasteiger charge is 2.27. The molecule has 0 aliphatic carbocycles. The molecule has 0 saturated carbocycles. The van der Waals surface area contributed by atoms with Crippen LogP contribution in [0.1, 0.15) is 30.9 Å². The molecule has 0 radical (unpaired) electrons. The Labute approximate surface area is 180 Å². The molecule has 0 spiro atoms. The van der Waals surface area contributed by atoms with Gasteiger partial charge >= 0.3 is 12.1 Å². The van der Waals surface area contributed by atoms with Crippen LogP contribution in [0, 0.1) is 0 Å². The smallest absolute Gasteiger partial charge is 0.408 e. The lowest BCUT2D eigenvalue weighted by atomic mass is 10.0. The Balaban J connectivity index is 2.05. The number of ketones is 1. The second kappa shape index (κ2) is 12.1. The number of carboxylic acid groups (broad SMARTS) is 1. The van der Waals surface area contributed by atoms with E-state index in [9.17, 15) is 24.3 Å². The van der Waals surface area contributed by atoms with Gasteiger partial charge in [0.15, 0.2) is 0 Å². The quantitative estimate of drug-likeness (QED) is 0.507. The van der Waals surface area contributed by atoms with E-state index in [1.165, 1.54) is 6.92 Å². The van der Waals surface area contributed by atoms with Crippen molar-refractivity contribution < 1.29 is 29.0 Å². The monoisotopic (exact) mass is 426 g/mol. The average molecular weight is 426 g/mol. The van der Waals surface area contributed by atoms with Gasteiger partial charge in [0, 0.05) is 12.8 Å². The Bertz CT molecular complexity index is 885. The molecule has 0 aliphatic rings. The molecule has 2 amide bonds. The van der Waals surface area contributed by atoms with E-state index in [4.69, 9.17) is 4.74 Å². The second-order valence-corrected chi connectivity index (χ2v) is 7.09. The highest BCUT2D eigenvalue weighted by molar-refractivity contribution is 5.89.